The fourth-order valence-corrected chi connectivity index (χ4v) is 2.21. The van der Waals surface area contributed by atoms with Crippen molar-refractivity contribution in [2.45, 2.75) is 26.4 Å². The van der Waals surface area contributed by atoms with Crippen LogP contribution in [0.15, 0.2) is 0 Å². The lowest BCUT2D eigenvalue weighted by Gasteiger charge is -2.25. The van der Waals surface area contributed by atoms with E-state index >= 15 is 0 Å². The Bertz CT molecular complexity index is 551. The normalized spacial score (nSPS) is 12.1. The molecule has 0 spiro atoms. The zero-order valence-corrected chi connectivity index (χ0v) is 15.6. The molecular weight excluding hydrogens is 352 g/mol. The van der Waals surface area contributed by atoms with Crippen LogP contribution in [0.4, 0.5) is 4.79 Å². The van der Waals surface area contributed by atoms with Crippen molar-refractivity contribution in [1.29, 1.82) is 0 Å². The molecule has 0 unspecified atom stereocenters. The van der Waals surface area contributed by atoms with Crippen molar-refractivity contribution in [3.8, 4) is 0 Å². The molecule has 0 rings (SSSR count). The summed E-state index contributed by atoms with van der Waals surface area (Å²) in [5.74, 6) is 0. The largest absolute Gasteiger partial charge is 0.443 e. The number of rotatable bonds is 6. The van der Waals surface area contributed by atoms with Gasteiger partial charge in [0.25, 0.3) is 0 Å². The Morgan fingerprint density at radius 2 is 1.57 bits per heavy atom. The average molecular weight is 378 g/mol. The molecule has 23 heavy (non-hydrogen) atoms. The van der Waals surface area contributed by atoms with Gasteiger partial charge in [-0.25, -0.2) is 30.7 Å². The van der Waals surface area contributed by atoms with Crippen molar-refractivity contribution >= 4 is 26.1 Å². The van der Waals surface area contributed by atoms with Crippen LogP contribution in [0.5, 0.6) is 0 Å². The number of nitrogens with one attached hydrogen (secondary N) is 1. The lowest BCUT2D eigenvalue weighted by atomic mass is 10.2. The monoisotopic (exact) mass is 378 g/mol. The van der Waals surface area contributed by atoms with Gasteiger partial charge in [0.2, 0.25) is 20.0 Å². The molecule has 0 bridgehead atoms. The fourth-order valence-electron chi connectivity index (χ4n) is 1.03. The molecule has 10 nitrogen and oxygen atoms in total. The summed E-state index contributed by atoms with van der Waals surface area (Å²) in [6.07, 6.45) is 0.953. The summed E-state index contributed by atoms with van der Waals surface area (Å²) in [5, 5.41) is 16.7. The van der Waals surface area contributed by atoms with Gasteiger partial charge in [0.15, 0.2) is 0 Å². The molecule has 0 aliphatic heterocycles. The molecule has 12 heteroatoms. The zero-order chi connectivity index (χ0) is 18.9. The lowest BCUT2D eigenvalue weighted by Crippen LogP contribution is -2.41. The Morgan fingerprint density at radius 3 is 1.78 bits per heavy atom. The SMILES string of the molecule is CC(C)(C)OC(=O)N(CCO)S(C)(=O)=O.CS(=O)(=O)NCCO. The van der Waals surface area contributed by atoms with Gasteiger partial charge in [-0.3, -0.25) is 0 Å². The third-order valence-electron chi connectivity index (χ3n) is 1.78. The summed E-state index contributed by atoms with van der Waals surface area (Å²) < 4.78 is 50.1. The van der Waals surface area contributed by atoms with Crippen LogP contribution in [-0.2, 0) is 24.8 Å². The molecule has 0 radical (unpaired) electrons. The molecular formula is C11H26N2O8S2. The number of ether oxygens (including phenoxy) is 1. The smallest absolute Gasteiger partial charge is 0.424 e. The first-order valence-electron chi connectivity index (χ1n) is 6.51. The van der Waals surface area contributed by atoms with Gasteiger partial charge >= 0.3 is 6.09 Å². The van der Waals surface area contributed by atoms with Crippen LogP contribution < -0.4 is 4.72 Å². The highest BCUT2D eigenvalue weighted by Gasteiger charge is 2.27. The molecule has 0 fully saturated rings. The first kappa shape index (κ1) is 24.3. The number of hydrogen-bond donors (Lipinski definition) is 3. The summed E-state index contributed by atoms with van der Waals surface area (Å²) in [6, 6.07) is 0. The standard InChI is InChI=1S/C8H17NO5S.C3H9NO3S/c1-8(2,3)14-7(11)9(5-6-10)15(4,12)13;1-8(6,7)4-2-3-5/h10H,5-6H2,1-4H3;4-5H,2-3H2,1H3. The van der Waals surface area contributed by atoms with Gasteiger partial charge < -0.3 is 14.9 Å². The predicted octanol–water partition coefficient (Wildman–Crippen LogP) is -1.30. The minimum Gasteiger partial charge on any atom is -0.443 e. The van der Waals surface area contributed by atoms with Crippen LogP contribution in [0.2, 0.25) is 0 Å². The van der Waals surface area contributed by atoms with E-state index in [-0.39, 0.29) is 19.7 Å². The molecule has 0 saturated carbocycles. The second-order valence-electron chi connectivity index (χ2n) is 5.43. The summed E-state index contributed by atoms with van der Waals surface area (Å²) in [6.45, 7) is 4.09. The van der Waals surface area contributed by atoms with E-state index < -0.39 is 38.3 Å². The van der Waals surface area contributed by atoms with Crippen LogP contribution in [0.1, 0.15) is 20.8 Å². The second-order valence-corrected chi connectivity index (χ2v) is 9.17. The maximum absolute atomic E-state index is 11.4. The first-order valence-corrected chi connectivity index (χ1v) is 10.2. The molecule has 3 N–H and O–H groups in total. The molecule has 0 aliphatic rings. The van der Waals surface area contributed by atoms with E-state index in [9.17, 15) is 21.6 Å². The molecule has 1 amide bonds. The van der Waals surface area contributed by atoms with Gasteiger partial charge in [0.1, 0.15) is 5.60 Å². The van der Waals surface area contributed by atoms with Crippen molar-refractivity contribution < 1.29 is 36.6 Å². The minimum atomic E-state index is -3.70. The maximum Gasteiger partial charge on any atom is 0.424 e. The molecule has 0 aromatic heterocycles. The van der Waals surface area contributed by atoms with E-state index in [0.29, 0.717) is 4.31 Å². The Morgan fingerprint density at radius 1 is 1.09 bits per heavy atom. The predicted molar refractivity (Wildman–Crippen MR) is 84.8 cm³/mol. The summed E-state index contributed by atoms with van der Waals surface area (Å²) in [5.41, 5.74) is -0.768. The average Bonchev–Trinajstić information content (AvgIpc) is 2.29. The molecule has 0 aromatic rings. The fraction of sp³-hybridized carbons (Fsp3) is 0.909. The molecule has 0 saturated heterocycles. The quantitative estimate of drug-likeness (QED) is 0.516. The van der Waals surface area contributed by atoms with Crippen molar-refractivity contribution in [3.05, 3.63) is 0 Å². The van der Waals surface area contributed by atoms with Gasteiger partial charge in [-0.15, -0.1) is 0 Å². The van der Waals surface area contributed by atoms with Crippen LogP contribution in [0.25, 0.3) is 0 Å². The third kappa shape index (κ3) is 15.7. The van der Waals surface area contributed by atoms with E-state index in [4.69, 9.17) is 14.9 Å². The summed E-state index contributed by atoms with van der Waals surface area (Å²) in [7, 11) is -6.80. The number of nitrogens with zero attached hydrogens (tertiary/aromatic N) is 1. The molecule has 0 aromatic carbocycles. The summed E-state index contributed by atoms with van der Waals surface area (Å²) >= 11 is 0. The van der Waals surface area contributed by atoms with Gasteiger partial charge in [0, 0.05) is 6.54 Å². The Hall–Kier alpha value is -0.950. The summed E-state index contributed by atoms with van der Waals surface area (Å²) in [4.78, 5) is 11.4. The van der Waals surface area contributed by atoms with E-state index in [1.54, 1.807) is 20.8 Å². The van der Waals surface area contributed by atoms with Crippen molar-refractivity contribution in [1.82, 2.24) is 9.03 Å². The van der Waals surface area contributed by atoms with E-state index in [2.05, 4.69) is 4.72 Å². The van der Waals surface area contributed by atoms with Crippen LogP contribution in [0.3, 0.4) is 0 Å². The number of hydrogen-bond acceptors (Lipinski definition) is 8. The highest BCUT2D eigenvalue weighted by molar-refractivity contribution is 7.89. The van der Waals surface area contributed by atoms with E-state index in [1.807, 2.05) is 0 Å². The minimum absolute atomic E-state index is 0.0961. The number of sulfonamides is 2. The number of carbonyl (C=O) groups excluding carboxylic acids is 1. The van der Waals surface area contributed by atoms with Crippen LogP contribution in [-0.4, -0.2) is 81.9 Å². The van der Waals surface area contributed by atoms with E-state index in [0.717, 1.165) is 12.5 Å². The maximum atomic E-state index is 11.4. The molecule has 0 atom stereocenters. The van der Waals surface area contributed by atoms with E-state index in [1.165, 1.54) is 0 Å². The van der Waals surface area contributed by atoms with Gasteiger partial charge in [-0.05, 0) is 20.8 Å². The highest BCUT2D eigenvalue weighted by atomic mass is 32.2. The number of amides is 1. The molecule has 0 aliphatic carbocycles. The second kappa shape index (κ2) is 10.0. The first-order chi connectivity index (χ1) is 10.1. The van der Waals surface area contributed by atoms with Gasteiger partial charge in [0.05, 0.1) is 32.3 Å². The third-order valence-corrected chi connectivity index (χ3v) is 3.64. The number of aliphatic hydroxyl groups is 2. The Kier molecular flexibility index (Phi) is 10.6. The zero-order valence-electron chi connectivity index (χ0n) is 13.9. The molecule has 140 valence electrons. The Balaban J connectivity index is 0. The van der Waals surface area contributed by atoms with Crippen LogP contribution in [0, 0.1) is 0 Å². The topological polar surface area (TPSA) is 150 Å². The highest BCUT2D eigenvalue weighted by Crippen LogP contribution is 2.11. The van der Waals surface area contributed by atoms with Gasteiger partial charge in [-0.1, -0.05) is 0 Å². The van der Waals surface area contributed by atoms with Crippen molar-refractivity contribution in [2.24, 2.45) is 0 Å². The Labute approximate surface area is 137 Å². The molecule has 0 heterocycles. The number of carbonyl (C=O) groups is 1. The van der Waals surface area contributed by atoms with Crippen LogP contribution >= 0.6 is 0 Å². The van der Waals surface area contributed by atoms with Gasteiger partial charge in [-0.2, -0.15) is 0 Å². The number of aliphatic hydroxyl groups excluding tert-OH is 2. The lowest BCUT2D eigenvalue weighted by molar-refractivity contribution is 0.0372. The van der Waals surface area contributed by atoms with Crippen molar-refractivity contribution in [3.63, 3.8) is 0 Å². The van der Waals surface area contributed by atoms with Crippen molar-refractivity contribution in [2.75, 3.05) is 38.8 Å².